The number of hydrogen-bond acceptors (Lipinski definition) is 8. The number of aromatic nitrogens is 1. The van der Waals surface area contributed by atoms with Gasteiger partial charge in [-0.1, -0.05) is 29.4 Å². The Kier molecular flexibility index (Phi) is 7.67. The number of aliphatic carboxylic acids is 1. The Morgan fingerprint density at radius 1 is 1.14 bits per heavy atom. The van der Waals surface area contributed by atoms with Crippen molar-refractivity contribution >= 4 is 27.6 Å². The summed E-state index contributed by atoms with van der Waals surface area (Å²) in [5, 5.41) is 15.9. The Morgan fingerprint density at radius 3 is 2.47 bits per heavy atom. The lowest BCUT2D eigenvalue weighted by molar-refractivity contribution is -0.138. The molecule has 2 atom stereocenters. The van der Waals surface area contributed by atoms with Crippen molar-refractivity contribution in [3.05, 3.63) is 60.4 Å². The van der Waals surface area contributed by atoms with Gasteiger partial charge in [0.15, 0.2) is 0 Å². The summed E-state index contributed by atoms with van der Waals surface area (Å²) in [5.41, 5.74) is 6.82. The average molecular weight is 516 g/mol. The number of carboxylic acid groups (broad SMARTS) is 1. The van der Waals surface area contributed by atoms with Gasteiger partial charge >= 0.3 is 5.97 Å². The molecular formula is C24H29N5O6S. The van der Waals surface area contributed by atoms with Crippen molar-refractivity contribution in [3.8, 4) is 0 Å². The van der Waals surface area contributed by atoms with E-state index in [0.717, 1.165) is 18.5 Å². The molecule has 5 N–H and O–H groups in total. The van der Waals surface area contributed by atoms with E-state index in [4.69, 9.17) is 10.6 Å². The van der Waals surface area contributed by atoms with Crippen LogP contribution in [0, 0.1) is 5.92 Å². The van der Waals surface area contributed by atoms with Crippen LogP contribution in [0.4, 0.5) is 0 Å². The fourth-order valence-corrected chi connectivity index (χ4v) is 5.79. The number of rotatable bonds is 9. The molecule has 1 aromatic heterocycles. The summed E-state index contributed by atoms with van der Waals surface area (Å²) in [7, 11) is -4.08. The molecule has 4 rings (SSSR count). The molecule has 2 heterocycles. The van der Waals surface area contributed by atoms with Crippen LogP contribution in [-0.4, -0.2) is 54.3 Å². The van der Waals surface area contributed by atoms with Crippen LogP contribution >= 0.6 is 0 Å². The van der Waals surface area contributed by atoms with Gasteiger partial charge in [-0.2, -0.15) is 4.72 Å². The summed E-state index contributed by atoms with van der Waals surface area (Å²) in [5.74, 6) is -1.77. The maximum Gasteiger partial charge on any atom is 0.323 e. The zero-order valence-electron chi connectivity index (χ0n) is 19.5. The first kappa shape index (κ1) is 25.7. The molecule has 1 amide bonds. The molecule has 2 aliphatic rings. The molecule has 12 heteroatoms. The molecule has 0 bridgehead atoms. The molecule has 1 unspecified atom stereocenters. The number of carboxylic acids is 1. The Morgan fingerprint density at radius 2 is 1.83 bits per heavy atom. The quantitative estimate of drug-likeness (QED) is 0.387. The average Bonchev–Trinajstić information content (AvgIpc) is 3.30. The van der Waals surface area contributed by atoms with E-state index in [1.807, 2.05) is 18.2 Å². The van der Waals surface area contributed by atoms with Crippen LogP contribution in [0.1, 0.15) is 43.8 Å². The second-order valence-corrected chi connectivity index (χ2v) is 10.9. The number of nitrogens with zero attached hydrogens (tertiary/aromatic N) is 2. The molecule has 1 fully saturated rings. The third-order valence-corrected chi connectivity index (χ3v) is 8.18. The van der Waals surface area contributed by atoms with Crippen LogP contribution < -0.4 is 15.8 Å². The van der Waals surface area contributed by atoms with E-state index < -0.39 is 40.1 Å². The van der Waals surface area contributed by atoms with Gasteiger partial charge in [-0.15, -0.1) is 0 Å². The lowest BCUT2D eigenvalue weighted by Gasteiger charge is -2.36. The number of carbonyl (C=O) groups is 2. The third kappa shape index (κ3) is 5.89. The molecule has 1 aliphatic carbocycles. The van der Waals surface area contributed by atoms with Gasteiger partial charge in [0.05, 0.1) is 10.6 Å². The molecule has 192 valence electrons. The van der Waals surface area contributed by atoms with Gasteiger partial charge < -0.3 is 21.0 Å². The summed E-state index contributed by atoms with van der Waals surface area (Å²) in [4.78, 5) is 34.3. The van der Waals surface area contributed by atoms with Crippen molar-refractivity contribution in [2.45, 2.75) is 54.7 Å². The van der Waals surface area contributed by atoms with E-state index in [9.17, 15) is 23.1 Å². The molecule has 1 saturated carbocycles. The van der Waals surface area contributed by atoms with E-state index in [1.165, 1.54) is 24.3 Å². The highest BCUT2D eigenvalue weighted by Crippen LogP contribution is 2.43. The molecule has 2 aromatic rings. The normalized spacial score (nSPS) is 23.4. The zero-order chi connectivity index (χ0) is 25.8. The monoisotopic (exact) mass is 515 g/mol. The maximum absolute atomic E-state index is 12.7. The SMILES string of the molecule is NC(c1ccccn1)C1CCC2(CC1)CC(C(=O)NC[C@H](NS(=O)(=O)c1ccccc1)C(=O)O)=NO2. The summed E-state index contributed by atoms with van der Waals surface area (Å²) in [6, 6.07) is 11.3. The van der Waals surface area contributed by atoms with Gasteiger partial charge in [0.1, 0.15) is 17.4 Å². The van der Waals surface area contributed by atoms with Gasteiger partial charge in [-0.3, -0.25) is 14.6 Å². The van der Waals surface area contributed by atoms with Crippen molar-refractivity contribution < 1.29 is 28.0 Å². The number of hydrogen-bond donors (Lipinski definition) is 4. The standard InChI is InChI=1S/C24H29N5O6S/c25-21(18-8-4-5-13-26-18)16-9-11-24(12-10-16)14-19(28-35-24)22(30)27-15-20(23(31)32)29-36(33,34)17-6-2-1-3-7-17/h1-8,13,16,20-21,29H,9-12,14-15,25H2,(H,27,30)(H,31,32)/t16?,20-,21?,24?/m0/s1. The fourth-order valence-electron chi connectivity index (χ4n) is 4.58. The van der Waals surface area contributed by atoms with Crippen LogP contribution in [0.2, 0.25) is 0 Å². The molecule has 1 aliphatic heterocycles. The number of pyridine rings is 1. The van der Waals surface area contributed by atoms with E-state index in [2.05, 4.69) is 20.2 Å². The highest BCUT2D eigenvalue weighted by Gasteiger charge is 2.45. The third-order valence-electron chi connectivity index (χ3n) is 6.70. The molecule has 0 saturated heterocycles. The van der Waals surface area contributed by atoms with Crippen molar-refractivity contribution in [3.63, 3.8) is 0 Å². The number of amides is 1. The molecule has 36 heavy (non-hydrogen) atoms. The largest absolute Gasteiger partial charge is 0.480 e. The summed E-state index contributed by atoms with van der Waals surface area (Å²) in [6.45, 7) is -0.451. The number of sulfonamides is 1. The molecule has 1 aromatic carbocycles. The first-order valence-electron chi connectivity index (χ1n) is 11.7. The predicted molar refractivity (Wildman–Crippen MR) is 130 cm³/mol. The van der Waals surface area contributed by atoms with Crippen LogP contribution in [0.15, 0.2) is 64.8 Å². The molecule has 1 spiro atoms. The van der Waals surface area contributed by atoms with Gasteiger partial charge in [-0.25, -0.2) is 8.42 Å². The fraction of sp³-hybridized carbons (Fsp3) is 0.417. The summed E-state index contributed by atoms with van der Waals surface area (Å²) >= 11 is 0. The second kappa shape index (κ2) is 10.7. The number of benzene rings is 1. The van der Waals surface area contributed by atoms with Crippen LogP contribution in [-0.2, 0) is 24.4 Å². The van der Waals surface area contributed by atoms with Gasteiger partial charge in [0, 0.05) is 25.2 Å². The Bertz CT molecular complexity index is 1210. The molecule has 0 radical (unpaired) electrons. The lowest BCUT2D eigenvalue weighted by atomic mass is 9.73. The topological polar surface area (TPSA) is 173 Å². The minimum Gasteiger partial charge on any atom is -0.480 e. The van der Waals surface area contributed by atoms with Gasteiger partial charge in [-0.05, 0) is 55.9 Å². The van der Waals surface area contributed by atoms with Gasteiger partial charge in [0.2, 0.25) is 10.0 Å². The Balaban J connectivity index is 1.29. The van der Waals surface area contributed by atoms with E-state index >= 15 is 0 Å². The number of carbonyl (C=O) groups excluding carboxylic acids is 1. The smallest absolute Gasteiger partial charge is 0.323 e. The minimum atomic E-state index is -4.08. The first-order valence-corrected chi connectivity index (χ1v) is 13.2. The van der Waals surface area contributed by atoms with Gasteiger partial charge in [0.25, 0.3) is 5.91 Å². The van der Waals surface area contributed by atoms with Crippen molar-refractivity contribution in [1.29, 1.82) is 0 Å². The first-order chi connectivity index (χ1) is 17.2. The van der Waals surface area contributed by atoms with Crippen molar-refractivity contribution in [1.82, 2.24) is 15.0 Å². The summed E-state index contributed by atoms with van der Waals surface area (Å²) in [6.07, 6.45) is 4.95. The Hall–Kier alpha value is -3.35. The van der Waals surface area contributed by atoms with E-state index in [0.29, 0.717) is 12.8 Å². The van der Waals surface area contributed by atoms with Crippen molar-refractivity contribution in [2.24, 2.45) is 16.8 Å². The van der Waals surface area contributed by atoms with Crippen molar-refractivity contribution in [2.75, 3.05) is 6.54 Å². The van der Waals surface area contributed by atoms with Crippen LogP contribution in [0.25, 0.3) is 0 Å². The predicted octanol–water partition coefficient (Wildman–Crippen LogP) is 1.33. The minimum absolute atomic E-state index is 0.0727. The maximum atomic E-state index is 12.7. The summed E-state index contributed by atoms with van der Waals surface area (Å²) < 4.78 is 27.1. The highest BCUT2D eigenvalue weighted by atomic mass is 32.2. The molecular weight excluding hydrogens is 486 g/mol. The van der Waals surface area contributed by atoms with E-state index in [-0.39, 0.29) is 29.0 Å². The number of oxime groups is 1. The van der Waals surface area contributed by atoms with E-state index in [1.54, 1.807) is 12.3 Å². The molecule has 11 nitrogen and oxygen atoms in total. The number of nitrogens with one attached hydrogen (secondary N) is 2. The Labute approximate surface area is 209 Å². The van der Waals surface area contributed by atoms with Crippen LogP contribution in [0.3, 0.4) is 0 Å². The second-order valence-electron chi connectivity index (χ2n) is 9.14. The van der Waals surface area contributed by atoms with Crippen LogP contribution in [0.5, 0.6) is 0 Å². The highest BCUT2D eigenvalue weighted by molar-refractivity contribution is 7.89. The zero-order valence-corrected chi connectivity index (χ0v) is 20.4. The number of nitrogens with two attached hydrogens (primary N) is 1. The lowest BCUT2D eigenvalue weighted by Crippen LogP contribution is -2.49.